The van der Waals surface area contributed by atoms with E-state index >= 15 is 0 Å². The normalized spacial score (nSPS) is 27.6. The zero-order valence-corrected chi connectivity index (χ0v) is 9.32. The summed E-state index contributed by atoms with van der Waals surface area (Å²) in [6.45, 7) is -0.321. The van der Waals surface area contributed by atoms with Gasteiger partial charge >= 0.3 is 5.69 Å². The molecule has 0 aliphatic carbocycles. The molecule has 18 heavy (non-hydrogen) atoms. The van der Waals surface area contributed by atoms with E-state index < -0.39 is 35.8 Å². The van der Waals surface area contributed by atoms with Crippen LogP contribution in [-0.2, 0) is 9.57 Å². The molecule has 3 atom stereocenters. The standard InChI is InChI=1S/C9H13FN4O4/c10-4-2-14(9(16)13-8(4)11)7-1-5(18-12)6(3-15)17-7/h2,5-7,15H,1,3,12H2,(H2,11,13,16)/t5?,6-,7-/m1/s1. The van der Waals surface area contributed by atoms with Crippen molar-refractivity contribution in [2.24, 2.45) is 5.90 Å². The number of nitrogens with zero attached hydrogens (tertiary/aromatic N) is 2. The van der Waals surface area contributed by atoms with Gasteiger partial charge in [0.2, 0.25) is 0 Å². The molecule has 1 saturated heterocycles. The van der Waals surface area contributed by atoms with E-state index in [2.05, 4.69) is 9.82 Å². The van der Waals surface area contributed by atoms with E-state index in [-0.39, 0.29) is 13.0 Å². The number of aliphatic hydroxyl groups is 1. The Hall–Kier alpha value is -1.55. The predicted octanol–water partition coefficient (Wildman–Crippen LogP) is -1.50. The maximum atomic E-state index is 13.3. The lowest BCUT2D eigenvalue weighted by molar-refractivity contribution is -0.0631. The zero-order chi connectivity index (χ0) is 13.3. The Morgan fingerprint density at radius 2 is 2.44 bits per heavy atom. The lowest BCUT2D eigenvalue weighted by atomic mass is 10.2. The van der Waals surface area contributed by atoms with Crippen LogP contribution in [0.2, 0.25) is 0 Å². The molecule has 1 aliphatic heterocycles. The van der Waals surface area contributed by atoms with Gasteiger partial charge in [0, 0.05) is 6.42 Å². The third-order valence-electron chi connectivity index (χ3n) is 2.78. The molecule has 1 unspecified atom stereocenters. The third kappa shape index (κ3) is 2.20. The first-order valence-corrected chi connectivity index (χ1v) is 5.22. The number of aliphatic hydroxyl groups excluding tert-OH is 1. The summed E-state index contributed by atoms with van der Waals surface area (Å²) in [6, 6.07) is 0. The molecule has 0 radical (unpaired) electrons. The van der Waals surface area contributed by atoms with E-state index in [1.54, 1.807) is 0 Å². The number of aromatic nitrogens is 2. The van der Waals surface area contributed by atoms with E-state index in [4.69, 9.17) is 21.5 Å². The lowest BCUT2D eigenvalue weighted by Gasteiger charge is -2.14. The average Bonchev–Trinajstić information content (AvgIpc) is 2.76. The number of nitrogen functional groups attached to an aromatic ring is 1. The Balaban J connectivity index is 2.28. The van der Waals surface area contributed by atoms with Gasteiger partial charge in [-0.25, -0.2) is 15.1 Å². The van der Waals surface area contributed by atoms with Gasteiger partial charge in [-0.05, 0) is 0 Å². The molecular formula is C9H13FN4O4. The summed E-state index contributed by atoms with van der Waals surface area (Å²) in [7, 11) is 0. The summed E-state index contributed by atoms with van der Waals surface area (Å²) < 4.78 is 19.6. The summed E-state index contributed by atoms with van der Waals surface area (Å²) in [5, 5.41) is 9.04. The van der Waals surface area contributed by atoms with Crippen molar-refractivity contribution in [3.8, 4) is 0 Å². The molecule has 8 nitrogen and oxygen atoms in total. The first kappa shape index (κ1) is 12.9. The summed E-state index contributed by atoms with van der Waals surface area (Å²) in [6.07, 6.45) is -0.944. The van der Waals surface area contributed by atoms with E-state index in [0.717, 1.165) is 10.8 Å². The molecule has 9 heteroatoms. The maximum Gasteiger partial charge on any atom is 0.351 e. The molecule has 1 aliphatic rings. The van der Waals surface area contributed by atoms with Gasteiger partial charge in [-0.3, -0.25) is 9.40 Å². The summed E-state index contributed by atoms with van der Waals surface area (Å²) in [5.74, 6) is 3.75. The Morgan fingerprint density at radius 1 is 1.72 bits per heavy atom. The van der Waals surface area contributed by atoms with Crippen molar-refractivity contribution < 1.29 is 19.1 Å². The van der Waals surface area contributed by atoms with Crippen molar-refractivity contribution in [3.63, 3.8) is 0 Å². The van der Waals surface area contributed by atoms with E-state index in [1.807, 2.05) is 0 Å². The lowest BCUT2D eigenvalue weighted by Crippen LogP contribution is -2.30. The topological polar surface area (TPSA) is 126 Å². The first-order chi connectivity index (χ1) is 8.56. The van der Waals surface area contributed by atoms with Crippen molar-refractivity contribution in [2.75, 3.05) is 12.3 Å². The number of hydrogen-bond donors (Lipinski definition) is 3. The summed E-state index contributed by atoms with van der Waals surface area (Å²) >= 11 is 0. The molecule has 100 valence electrons. The van der Waals surface area contributed by atoms with Gasteiger partial charge in [0.05, 0.1) is 12.8 Å². The van der Waals surface area contributed by atoms with Crippen LogP contribution in [0.25, 0.3) is 0 Å². The minimum Gasteiger partial charge on any atom is -0.394 e. The quantitative estimate of drug-likeness (QED) is 0.565. The second-order valence-corrected chi connectivity index (χ2v) is 3.89. The highest BCUT2D eigenvalue weighted by atomic mass is 19.1. The highest BCUT2D eigenvalue weighted by molar-refractivity contribution is 5.26. The largest absolute Gasteiger partial charge is 0.394 e. The maximum absolute atomic E-state index is 13.3. The van der Waals surface area contributed by atoms with E-state index in [1.165, 1.54) is 0 Å². The number of hydrogen-bond acceptors (Lipinski definition) is 7. The SMILES string of the molecule is NOC1C[C@H](n2cc(F)c(N)nc2=O)O[C@@H]1CO. The van der Waals surface area contributed by atoms with Crippen molar-refractivity contribution >= 4 is 5.82 Å². The number of anilines is 1. The molecule has 2 rings (SSSR count). The van der Waals surface area contributed by atoms with Crippen molar-refractivity contribution in [3.05, 3.63) is 22.5 Å². The minimum absolute atomic E-state index is 0.201. The van der Waals surface area contributed by atoms with Crippen molar-refractivity contribution in [2.45, 2.75) is 24.9 Å². The molecule has 2 heterocycles. The number of halogens is 1. The summed E-state index contributed by atoms with van der Waals surface area (Å²) in [5.41, 5.74) is 4.43. The van der Waals surface area contributed by atoms with Gasteiger partial charge in [0.15, 0.2) is 11.6 Å². The molecule has 1 fully saturated rings. The molecular weight excluding hydrogens is 247 g/mol. The van der Waals surface area contributed by atoms with Crippen LogP contribution in [0.5, 0.6) is 0 Å². The van der Waals surface area contributed by atoms with E-state index in [0.29, 0.717) is 0 Å². The molecule has 0 amide bonds. The average molecular weight is 260 g/mol. The van der Waals surface area contributed by atoms with Gasteiger partial charge < -0.3 is 15.6 Å². The predicted molar refractivity (Wildman–Crippen MR) is 57.5 cm³/mol. The number of rotatable bonds is 3. The Morgan fingerprint density at radius 3 is 3.00 bits per heavy atom. The van der Waals surface area contributed by atoms with Gasteiger partial charge in [-0.2, -0.15) is 4.98 Å². The Bertz CT molecular complexity index is 482. The molecule has 1 aromatic rings. The molecule has 0 saturated carbocycles. The Labute approximate surface area is 101 Å². The third-order valence-corrected chi connectivity index (χ3v) is 2.78. The fraction of sp³-hybridized carbons (Fsp3) is 0.556. The minimum atomic E-state index is -0.823. The molecule has 5 N–H and O–H groups in total. The van der Waals surface area contributed by atoms with Crippen LogP contribution in [0.15, 0.2) is 11.0 Å². The second kappa shape index (κ2) is 4.98. The molecule has 0 bridgehead atoms. The highest BCUT2D eigenvalue weighted by Gasteiger charge is 2.37. The Kier molecular flexibility index (Phi) is 3.57. The van der Waals surface area contributed by atoms with E-state index in [9.17, 15) is 9.18 Å². The number of ether oxygens (including phenoxy) is 1. The molecule has 1 aromatic heterocycles. The fourth-order valence-electron chi connectivity index (χ4n) is 1.84. The monoisotopic (exact) mass is 260 g/mol. The van der Waals surface area contributed by atoms with Crippen LogP contribution in [0, 0.1) is 5.82 Å². The second-order valence-electron chi connectivity index (χ2n) is 3.89. The van der Waals surface area contributed by atoms with Crippen LogP contribution in [-0.4, -0.2) is 33.5 Å². The van der Waals surface area contributed by atoms with Crippen LogP contribution < -0.4 is 17.3 Å². The van der Waals surface area contributed by atoms with Gasteiger partial charge in [-0.15, -0.1) is 0 Å². The highest BCUT2D eigenvalue weighted by Crippen LogP contribution is 2.29. The fourth-order valence-corrected chi connectivity index (χ4v) is 1.84. The van der Waals surface area contributed by atoms with Gasteiger partial charge in [0.1, 0.15) is 18.4 Å². The first-order valence-electron chi connectivity index (χ1n) is 5.22. The molecule has 0 spiro atoms. The van der Waals surface area contributed by atoms with Gasteiger partial charge in [-0.1, -0.05) is 0 Å². The number of nitrogens with two attached hydrogens (primary N) is 2. The smallest absolute Gasteiger partial charge is 0.351 e. The van der Waals surface area contributed by atoms with Crippen LogP contribution in [0.4, 0.5) is 10.2 Å². The zero-order valence-electron chi connectivity index (χ0n) is 9.32. The van der Waals surface area contributed by atoms with Crippen LogP contribution in [0.3, 0.4) is 0 Å². The van der Waals surface area contributed by atoms with Crippen LogP contribution in [0.1, 0.15) is 12.6 Å². The molecule has 0 aromatic carbocycles. The van der Waals surface area contributed by atoms with Gasteiger partial charge in [0.25, 0.3) is 0 Å². The summed E-state index contributed by atoms with van der Waals surface area (Å²) in [4.78, 5) is 19.5. The van der Waals surface area contributed by atoms with Crippen molar-refractivity contribution in [1.29, 1.82) is 0 Å². The van der Waals surface area contributed by atoms with Crippen LogP contribution >= 0.6 is 0 Å². The van der Waals surface area contributed by atoms with Crippen molar-refractivity contribution in [1.82, 2.24) is 9.55 Å².